The highest BCUT2D eigenvalue weighted by Gasteiger charge is 2.25. The fourth-order valence-electron chi connectivity index (χ4n) is 2.89. The summed E-state index contributed by atoms with van der Waals surface area (Å²) in [5, 5.41) is 0.829. The summed E-state index contributed by atoms with van der Waals surface area (Å²) < 4.78 is 16.2. The van der Waals surface area contributed by atoms with Gasteiger partial charge in [0.25, 0.3) is 5.91 Å². The Balaban J connectivity index is 1.76. The van der Waals surface area contributed by atoms with Crippen LogP contribution < -0.4 is 4.74 Å². The second-order valence-corrected chi connectivity index (χ2v) is 6.07. The smallest absolute Gasteiger partial charge is 0.290 e. The number of rotatable bonds is 4. The maximum atomic E-state index is 12.7. The van der Waals surface area contributed by atoms with Gasteiger partial charge in [-0.25, -0.2) is 0 Å². The Kier molecular flexibility index (Phi) is 4.94. The molecule has 2 aromatic rings. The SMILES string of the molecule is COc1ccc2oc(C(=O)N(C)CC(=O)N3CCOCC3)c(C)c2c1. The summed E-state index contributed by atoms with van der Waals surface area (Å²) in [5.41, 5.74) is 1.36. The summed E-state index contributed by atoms with van der Waals surface area (Å²) >= 11 is 0. The van der Waals surface area contributed by atoms with Crippen molar-refractivity contribution in [3.05, 3.63) is 29.5 Å². The molecule has 1 aliphatic rings. The Hall–Kier alpha value is -2.54. The van der Waals surface area contributed by atoms with Crippen LogP contribution in [0.5, 0.6) is 5.75 Å². The van der Waals surface area contributed by atoms with E-state index in [2.05, 4.69) is 0 Å². The van der Waals surface area contributed by atoms with Crippen molar-refractivity contribution in [2.24, 2.45) is 0 Å². The molecule has 134 valence electrons. The second kappa shape index (κ2) is 7.14. The van der Waals surface area contributed by atoms with E-state index in [9.17, 15) is 9.59 Å². The largest absolute Gasteiger partial charge is 0.497 e. The molecule has 1 aromatic carbocycles. The molecule has 1 saturated heterocycles. The van der Waals surface area contributed by atoms with Crippen molar-refractivity contribution in [2.45, 2.75) is 6.92 Å². The molecule has 0 bridgehead atoms. The standard InChI is InChI=1S/C18H22N2O5/c1-12-14-10-13(23-3)4-5-15(14)25-17(12)18(22)19(2)11-16(21)20-6-8-24-9-7-20/h4-5,10H,6-9,11H2,1-3H3. The Morgan fingerprint density at radius 2 is 2.00 bits per heavy atom. The van der Waals surface area contributed by atoms with Gasteiger partial charge in [0.05, 0.1) is 26.9 Å². The first-order chi connectivity index (χ1) is 12.0. The number of hydrogen-bond donors (Lipinski definition) is 0. The number of aryl methyl sites for hydroxylation is 1. The number of furan rings is 1. The molecule has 3 rings (SSSR count). The monoisotopic (exact) mass is 346 g/mol. The van der Waals surface area contributed by atoms with Gasteiger partial charge in [0.2, 0.25) is 5.91 Å². The number of carbonyl (C=O) groups is 2. The van der Waals surface area contributed by atoms with E-state index < -0.39 is 0 Å². The zero-order valence-corrected chi connectivity index (χ0v) is 14.7. The number of methoxy groups -OCH3 is 1. The quantitative estimate of drug-likeness (QED) is 0.842. The molecule has 7 nitrogen and oxygen atoms in total. The molecule has 2 amide bonds. The van der Waals surface area contributed by atoms with Gasteiger partial charge >= 0.3 is 0 Å². The minimum absolute atomic E-state index is 0.0125. The lowest BCUT2D eigenvalue weighted by Gasteiger charge is -2.28. The number of likely N-dealkylation sites (N-methyl/N-ethyl adjacent to an activating group) is 1. The van der Waals surface area contributed by atoms with Crippen molar-refractivity contribution in [3.8, 4) is 5.75 Å². The van der Waals surface area contributed by atoms with Gasteiger partial charge in [-0.2, -0.15) is 0 Å². The van der Waals surface area contributed by atoms with E-state index in [0.717, 1.165) is 10.9 Å². The maximum absolute atomic E-state index is 12.7. The van der Waals surface area contributed by atoms with Gasteiger partial charge in [0, 0.05) is 31.1 Å². The predicted octanol–water partition coefficient (Wildman–Crippen LogP) is 1.68. The molecule has 0 atom stereocenters. The van der Waals surface area contributed by atoms with Crippen LogP contribution in [0.3, 0.4) is 0 Å². The molecular weight excluding hydrogens is 324 g/mol. The van der Waals surface area contributed by atoms with Gasteiger partial charge in [-0.15, -0.1) is 0 Å². The number of amides is 2. The number of fused-ring (bicyclic) bond motifs is 1. The lowest BCUT2D eigenvalue weighted by atomic mass is 10.1. The third kappa shape index (κ3) is 3.46. The average Bonchev–Trinajstić information content (AvgIpc) is 2.97. The van der Waals surface area contributed by atoms with E-state index in [1.54, 1.807) is 31.2 Å². The summed E-state index contributed by atoms with van der Waals surface area (Å²) in [5.74, 6) is 0.552. The van der Waals surface area contributed by atoms with Crippen LogP contribution in [-0.4, -0.2) is 68.6 Å². The van der Waals surface area contributed by atoms with Gasteiger partial charge in [-0.3, -0.25) is 9.59 Å². The molecular formula is C18H22N2O5. The Bertz CT molecular complexity index is 792. The van der Waals surface area contributed by atoms with E-state index >= 15 is 0 Å². The molecule has 25 heavy (non-hydrogen) atoms. The number of hydrogen-bond acceptors (Lipinski definition) is 5. The first kappa shape index (κ1) is 17.3. The summed E-state index contributed by atoms with van der Waals surface area (Å²) in [6, 6.07) is 5.39. The Morgan fingerprint density at radius 3 is 2.68 bits per heavy atom. The molecule has 0 radical (unpaired) electrons. The van der Waals surface area contributed by atoms with Crippen LogP contribution in [0.4, 0.5) is 0 Å². The van der Waals surface area contributed by atoms with Crippen LogP contribution in [0.15, 0.2) is 22.6 Å². The second-order valence-electron chi connectivity index (χ2n) is 6.07. The lowest BCUT2D eigenvalue weighted by molar-refractivity contribution is -0.135. The molecule has 2 heterocycles. The number of carbonyl (C=O) groups excluding carboxylic acids is 2. The van der Waals surface area contributed by atoms with E-state index in [1.807, 2.05) is 13.0 Å². The van der Waals surface area contributed by atoms with Crippen LogP contribution >= 0.6 is 0 Å². The average molecular weight is 346 g/mol. The molecule has 0 spiro atoms. The van der Waals surface area contributed by atoms with Gasteiger partial charge in [0.15, 0.2) is 5.76 Å². The summed E-state index contributed by atoms with van der Waals surface area (Å²) in [6.07, 6.45) is 0. The van der Waals surface area contributed by atoms with Crippen molar-refractivity contribution >= 4 is 22.8 Å². The highest BCUT2D eigenvalue weighted by Crippen LogP contribution is 2.29. The van der Waals surface area contributed by atoms with Crippen molar-refractivity contribution in [1.82, 2.24) is 9.80 Å². The Labute approximate surface area is 146 Å². The number of nitrogens with zero attached hydrogens (tertiary/aromatic N) is 2. The number of benzene rings is 1. The van der Waals surface area contributed by atoms with E-state index in [0.29, 0.717) is 37.6 Å². The van der Waals surface area contributed by atoms with Crippen molar-refractivity contribution in [1.29, 1.82) is 0 Å². The third-order valence-corrected chi connectivity index (χ3v) is 4.42. The van der Waals surface area contributed by atoms with Crippen LogP contribution in [0.2, 0.25) is 0 Å². The minimum atomic E-state index is -0.311. The van der Waals surface area contributed by atoms with E-state index in [-0.39, 0.29) is 24.1 Å². The summed E-state index contributed by atoms with van der Waals surface area (Å²) in [7, 11) is 3.20. The van der Waals surface area contributed by atoms with E-state index in [4.69, 9.17) is 13.9 Å². The van der Waals surface area contributed by atoms with Gasteiger partial charge < -0.3 is 23.7 Å². The van der Waals surface area contributed by atoms with Crippen LogP contribution in [0.1, 0.15) is 16.1 Å². The van der Waals surface area contributed by atoms with Crippen molar-refractivity contribution < 1.29 is 23.5 Å². The molecule has 1 fully saturated rings. The summed E-state index contributed by atoms with van der Waals surface area (Å²) in [4.78, 5) is 28.1. The molecule has 1 aliphatic heterocycles. The molecule has 0 unspecified atom stereocenters. The molecule has 0 N–H and O–H groups in total. The van der Waals surface area contributed by atoms with Crippen LogP contribution in [0.25, 0.3) is 11.0 Å². The van der Waals surface area contributed by atoms with Gasteiger partial charge in [-0.05, 0) is 25.1 Å². The highest BCUT2D eigenvalue weighted by atomic mass is 16.5. The maximum Gasteiger partial charge on any atom is 0.290 e. The molecule has 7 heteroatoms. The number of ether oxygens (including phenoxy) is 2. The van der Waals surface area contributed by atoms with Gasteiger partial charge in [-0.1, -0.05) is 0 Å². The first-order valence-corrected chi connectivity index (χ1v) is 8.19. The number of morpholine rings is 1. The lowest BCUT2D eigenvalue weighted by Crippen LogP contribution is -2.46. The summed E-state index contributed by atoms with van der Waals surface area (Å²) in [6.45, 7) is 4.03. The molecule has 1 aromatic heterocycles. The molecule has 0 aliphatic carbocycles. The minimum Gasteiger partial charge on any atom is -0.497 e. The first-order valence-electron chi connectivity index (χ1n) is 8.19. The fourth-order valence-corrected chi connectivity index (χ4v) is 2.89. The normalized spacial score (nSPS) is 14.6. The van der Waals surface area contributed by atoms with Crippen LogP contribution in [0, 0.1) is 6.92 Å². The van der Waals surface area contributed by atoms with Gasteiger partial charge in [0.1, 0.15) is 11.3 Å². The highest BCUT2D eigenvalue weighted by molar-refractivity contribution is 6.00. The van der Waals surface area contributed by atoms with Crippen molar-refractivity contribution in [3.63, 3.8) is 0 Å². The predicted molar refractivity (Wildman–Crippen MR) is 91.9 cm³/mol. The third-order valence-electron chi connectivity index (χ3n) is 4.42. The molecule has 0 saturated carbocycles. The zero-order chi connectivity index (χ0) is 18.0. The Morgan fingerprint density at radius 1 is 1.28 bits per heavy atom. The fraction of sp³-hybridized carbons (Fsp3) is 0.444. The van der Waals surface area contributed by atoms with Crippen molar-refractivity contribution in [2.75, 3.05) is 47.0 Å². The zero-order valence-electron chi connectivity index (χ0n) is 14.7. The van der Waals surface area contributed by atoms with Crippen LogP contribution in [-0.2, 0) is 9.53 Å². The topological polar surface area (TPSA) is 72.2 Å². The van der Waals surface area contributed by atoms with E-state index in [1.165, 1.54) is 4.90 Å².